The molecule has 166 valence electrons. The van der Waals surface area contributed by atoms with Gasteiger partial charge in [0.2, 0.25) is 17.7 Å². The maximum Gasteiger partial charge on any atom is 0.262 e. The molecule has 1 saturated heterocycles. The van der Waals surface area contributed by atoms with E-state index in [-0.39, 0.29) is 41.5 Å². The molecule has 0 bridgehead atoms. The molecule has 1 aliphatic carbocycles. The van der Waals surface area contributed by atoms with Crippen LogP contribution in [0.1, 0.15) is 44.9 Å². The summed E-state index contributed by atoms with van der Waals surface area (Å²) in [5.41, 5.74) is 0.328. The zero-order chi connectivity index (χ0) is 22.0. The van der Waals surface area contributed by atoms with Gasteiger partial charge in [-0.3, -0.25) is 29.0 Å². The van der Waals surface area contributed by atoms with E-state index in [1.807, 2.05) is 0 Å². The molecule has 1 aromatic carbocycles. The van der Waals surface area contributed by atoms with Crippen molar-refractivity contribution in [3.63, 3.8) is 0 Å². The Morgan fingerprint density at radius 1 is 1.10 bits per heavy atom. The highest BCUT2D eigenvalue weighted by Crippen LogP contribution is 2.38. The number of nitrogens with zero attached hydrogens (tertiary/aromatic N) is 2. The molecule has 0 radical (unpaired) electrons. The average molecular weight is 447 g/mol. The van der Waals surface area contributed by atoms with Crippen LogP contribution in [-0.2, 0) is 24.4 Å². The molecule has 3 amide bonds. The van der Waals surface area contributed by atoms with Crippen LogP contribution in [0.5, 0.6) is 0 Å². The van der Waals surface area contributed by atoms with Gasteiger partial charge < -0.3 is 5.32 Å². The van der Waals surface area contributed by atoms with Crippen LogP contribution in [0, 0.1) is 11.8 Å². The van der Waals surface area contributed by atoms with Crippen molar-refractivity contribution >= 4 is 39.3 Å². The summed E-state index contributed by atoms with van der Waals surface area (Å²) in [6.07, 6.45) is 4.75. The van der Waals surface area contributed by atoms with E-state index in [1.54, 1.807) is 12.1 Å². The fourth-order valence-corrected chi connectivity index (χ4v) is 5.60. The smallest absolute Gasteiger partial charge is 0.262 e. The summed E-state index contributed by atoms with van der Waals surface area (Å²) in [4.78, 5) is 42.8. The highest BCUT2D eigenvalue weighted by Gasteiger charge is 2.47. The van der Waals surface area contributed by atoms with Gasteiger partial charge in [0.1, 0.15) is 5.84 Å². The molecule has 0 unspecified atom stereocenters. The number of hydrogen-bond donors (Lipinski definition) is 2. The lowest BCUT2D eigenvalue weighted by Gasteiger charge is -2.19. The molecule has 2 N–H and O–H groups in total. The normalized spacial score (nSPS) is 23.5. The van der Waals surface area contributed by atoms with Crippen LogP contribution >= 0.6 is 0 Å². The maximum atomic E-state index is 12.5. The molecule has 2 heterocycles. The number of aliphatic imine (C=N–C) groups is 1. The van der Waals surface area contributed by atoms with Crippen molar-refractivity contribution in [3.8, 4) is 0 Å². The Morgan fingerprint density at radius 2 is 1.81 bits per heavy atom. The number of fused-ring (bicyclic) bond motifs is 1. The number of imide groups is 1. The lowest BCUT2D eigenvalue weighted by molar-refractivity contribution is -0.140. The molecule has 1 aromatic rings. The van der Waals surface area contributed by atoms with Gasteiger partial charge in [-0.25, -0.2) is 8.42 Å². The third-order valence-electron chi connectivity index (χ3n) is 6.05. The molecule has 2 fully saturated rings. The van der Waals surface area contributed by atoms with Gasteiger partial charge >= 0.3 is 0 Å². The Labute approximate surface area is 181 Å². The monoisotopic (exact) mass is 446 g/mol. The zero-order valence-electron chi connectivity index (χ0n) is 17.2. The second-order valence-corrected chi connectivity index (χ2v) is 9.87. The topological polar surface area (TPSA) is 125 Å². The first-order chi connectivity index (χ1) is 14.8. The molecule has 2 aliphatic heterocycles. The zero-order valence-corrected chi connectivity index (χ0v) is 18.0. The molecule has 0 spiro atoms. The Morgan fingerprint density at radius 3 is 2.45 bits per heavy atom. The van der Waals surface area contributed by atoms with E-state index in [9.17, 15) is 22.8 Å². The third-order valence-corrected chi connectivity index (χ3v) is 7.43. The van der Waals surface area contributed by atoms with E-state index in [0.29, 0.717) is 24.5 Å². The number of carbonyl (C=O) groups excluding carboxylic acids is 3. The van der Waals surface area contributed by atoms with Crippen LogP contribution in [0.15, 0.2) is 34.2 Å². The van der Waals surface area contributed by atoms with Gasteiger partial charge in [0.25, 0.3) is 10.0 Å². The largest absolute Gasteiger partial charge is 0.326 e. The van der Waals surface area contributed by atoms with Gasteiger partial charge in [-0.15, -0.1) is 0 Å². The van der Waals surface area contributed by atoms with E-state index >= 15 is 0 Å². The predicted molar refractivity (Wildman–Crippen MR) is 114 cm³/mol. The number of amidine groups is 1. The minimum absolute atomic E-state index is 0.0221. The summed E-state index contributed by atoms with van der Waals surface area (Å²) in [5, 5.41) is 2.65. The van der Waals surface area contributed by atoms with Crippen molar-refractivity contribution in [1.82, 2.24) is 9.62 Å². The molecule has 2 atom stereocenters. The number of nitrogens with one attached hydrogen (secondary N) is 2. The Kier molecular flexibility index (Phi) is 6.08. The minimum atomic E-state index is -3.78. The molecule has 4 rings (SSSR count). The summed E-state index contributed by atoms with van der Waals surface area (Å²) >= 11 is 0. The van der Waals surface area contributed by atoms with E-state index in [1.165, 1.54) is 17.0 Å². The molecule has 0 aromatic heterocycles. The van der Waals surface area contributed by atoms with Crippen LogP contribution in [0.4, 0.5) is 5.69 Å². The lowest BCUT2D eigenvalue weighted by Crippen LogP contribution is -2.34. The molecule has 1 saturated carbocycles. The summed E-state index contributed by atoms with van der Waals surface area (Å²) in [5.74, 6) is -0.757. The number of carbonyl (C=O) groups is 3. The van der Waals surface area contributed by atoms with Crippen molar-refractivity contribution in [3.05, 3.63) is 24.3 Å². The summed E-state index contributed by atoms with van der Waals surface area (Å²) in [6.45, 7) is 0.646. The van der Waals surface area contributed by atoms with Gasteiger partial charge in [-0.1, -0.05) is 18.9 Å². The standard InChI is InChI=1S/C21H26N4O5S/c26-19(10-12-25-20(27)16-7-1-2-8-17(16)21(25)28)23-14-5-3-6-15(13-14)31(29,30)24-18-9-4-11-22-18/h3,5-6,13,16-17H,1-2,4,7-12H2,(H,22,24)(H,23,26)/t16-,17-/m1/s1. The number of sulfonamides is 1. The molecular weight excluding hydrogens is 420 g/mol. The van der Waals surface area contributed by atoms with E-state index < -0.39 is 15.9 Å². The lowest BCUT2D eigenvalue weighted by atomic mass is 9.81. The molecule has 10 heteroatoms. The van der Waals surface area contributed by atoms with Gasteiger partial charge in [0, 0.05) is 31.6 Å². The first-order valence-electron chi connectivity index (χ1n) is 10.7. The highest BCUT2D eigenvalue weighted by molar-refractivity contribution is 7.90. The van der Waals surface area contributed by atoms with Crippen molar-refractivity contribution in [2.24, 2.45) is 16.8 Å². The predicted octanol–water partition coefficient (Wildman–Crippen LogP) is 1.66. The van der Waals surface area contributed by atoms with Crippen molar-refractivity contribution < 1.29 is 22.8 Å². The van der Waals surface area contributed by atoms with E-state index in [0.717, 1.165) is 32.1 Å². The molecule has 3 aliphatic rings. The van der Waals surface area contributed by atoms with Crippen LogP contribution in [0.2, 0.25) is 0 Å². The average Bonchev–Trinajstić information content (AvgIpc) is 3.33. The van der Waals surface area contributed by atoms with Crippen LogP contribution in [0.3, 0.4) is 0 Å². The van der Waals surface area contributed by atoms with Crippen LogP contribution in [0.25, 0.3) is 0 Å². The highest BCUT2D eigenvalue weighted by atomic mass is 32.2. The minimum Gasteiger partial charge on any atom is -0.326 e. The van der Waals surface area contributed by atoms with Crippen molar-refractivity contribution in [1.29, 1.82) is 0 Å². The fourth-order valence-electron chi connectivity index (χ4n) is 4.47. The Balaban J connectivity index is 1.35. The molecule has 31 heavy (non-hydrogen) atoms. The number of amides is 3. The summed E-state index contributed by atoms with van der Waals surface area (Å²) < 4.78 is 27.5. The van der Waals surface area contributed by atoms with Crippen LogP contribution < -0.4 is 10.0 Å². The van der Waals surface area contributed by atoms with Gasteiger partial charge in [0.15, 0.2) is 0 Å². The fraction of sp³-hybridized carbons (Fsp3) is 0.524. The van der Waals surface area contributed by atoms with E-state index in [2.05, 4.69) is 15.0 Å². The Hall–Kier alpha value is -2.75. The first-order valence-corrected chi connectivity index (χ1v) is 12.1. The maximum absolute atomic E-state index is 12.5. The molecule has 9 nitrogen and oxygen atoms in total. The quantitative estimate of drug-likeness (QED) is 0.643. The van der Waals surface area contributed by atoms with Gasteiger partial charge in [-0.05, 0) is 37.5 Å². The summed E-state index contributed by atoms with van der Waals surface area (Å²) in [7, 11) is -3.78. The number of benzene rings is 1. The number of anilines is 1. The third kappa shape index (κ3) is 4.63. The number of hydrogen-bond acceptors (Lipinski definition) is 6. The first kappa shape index (κ1) is 21.5. The van der Waals surface area contributed by atoms with Gasteiger partial charge in [0.05, 0.1) is 16.7 Å². The number of rotatable bonds is 6. The van der Waals surface area contributed by atoms with Crippen molar-refractivity contribution in [2.75, 3.05) is 18.4 Å². The second-order valence-electron chi connectivity index (χ2n) is 8.19. The SMILES string of the molecule is O=C(CCN1C(=O)[C@@H]2CCCC[C@H]2C1=O)Nc1cccc(S(=O)(=O)NC2=NCCC2)c1. The second kappa shape index (κ2) is 8.78. The van der Waals surface area contributed by atoms with Crippen LogP contribution in [-0.4, -0.2) is 50.0 Å². The van der Waals surface area contributed by atoms with Gasteiger partial charge in [-0.2, -0.15) is 0 Å². The Bertz CT molecular complexity index is 1010. The van der Waals surface area contributed by atoms with Crippen molar-refractivity contribution in [2.45, 2.75) is 49.8 Å². The summed E-state index contributed by atoms with van der Waals surface area (Å²) in [6, 6.07) is 5.94. The number of likely N-dealkylation sites (tertiary alicyclic amines) is 1. The molecular formula is C21H26N4O5S. The van der Waals surface area contributed by atoms with E-state index in [4.69, 9.17) is 0 Å².